The van der Waals surface area contributed by atoms with E-state index in [1.165, 1.54) is 33.3 Å². The topological polar surface area (TPSA) is 89.3 Å². The second kappa shape index (κ2) is 9.52. The summed E-state index contributed by atoms with van der Waals surface area (Å²) in [6.45, 7) is 3.13. The normalized spacial score (nSPS) is 11.9. The molecule has 1 unspecified atom stereocenters. The second-order valence-corrected chi connectivity index (χ2v) is 6.67. The van der Waals surface area contributed by atoms with Crippen LogP contribution in [0.4, 0.5) is 11.4 Å². The highest BCUT2D eigenvalue weighted by molar-refractivity contribution is 6.33. The maximum atomic E-state index is 12.6. The molecule has 0 aliphatic rings. The fourth-order valence-corrected chi connectivity index (χ4v) is 2.80. The molecule has 2 aromatic carbocycles. The molecule has 0 spiro atoms. The predicted molar refractivity (Wildman–Crippen MR) is 108 cm³/mol. The number of azo groups is 1. The standard InChI is InChI=1S/C19H19Cl2N3O4/c1-10-5-6-14(12(20)7-10)23-24-18(11(2)25)19(26)22-15-8-13(21)16(27-3)9-17(15)28-4/h5-9,18H,1-4H3,(H,22,26). The minimum atomic E-state index is -1.36. The zero-order chi connectivity index (χ0) is 20.8. The summed E-state index contributed by atoms with van der Waals surface area (Å²) in [6.07, 6.45) is 0. The number of hydrogen-bond donors (Lipinski definition) is 1. The van der Waals surface area contributed by atoms with Crippen molar-refractivity contribution in [2.24, 2.45) is 10.2 Å². The van der Waals surface area contributed by atoms with Gasteiger partial charge in [-0.05, 0) is 37.6 Å². The van der Waals surface area contributed by atoms with Crippen molar-refractivity contribution >= 4 is 46.3 Å². The summed E-state index contributed by atoms with van der Waals surface area (Å²) in [7, 11) is 2.89. The number of aryl methyl sites for hydroxylation is 1. The largest absolute Gasteiger partial charge is 0.495 e. The number of methoxy groups -OCH3 is 2. The second-order valence-electron chi connectivity index (χ2n) is 5.86. The molecule has 1 N–H and O–H groups in total. The third-order valence-electron chi connectivity index (χ3n) is 3.75. The Labute approximate surface area is 172 Å². The van der Waals surface area contributed by atoms with Gasteiger partial charge in [0.25, 0.3) is 5.91 Å². The Kier molecular flexibility index (Phi) is 7.37. The first-order valence-electron chi connectivity index (χ1n) is 8.16. The number of carbonyl (C=O) groups excluding carboxylic acids is 2. The lowest BCUT2D eigenvalue weighted by Crippen LogP contribution is -2.32. The molecule has 1 atom stereocenters. The Hall–Kier alpha value is -2.64. The van der Waals surface area contributed by atoms with E-state index >= 15 is 0 Å². The molecule has 1 amide bonds. The van der Waals surface area contributed by atoms with Gasteiger partial charge in [-0.1, -0.05) is 29.3 Å². The van der Waals surface area contributed by atoms with E-state index in [4.69, 9.17) is 32.7 Å². The highest BCUT2D eigenvalue weighted by atomic mass is 35.5. The molecule has 7 nitrogen and oxygen atoms in total. The number of hydrogen-bond acceptors (Lipinski definition) is 6. The van der Waals surface area contributed by atoms with Gasteiger partial charge in [0, 0.05) is 6.07 Å². The van der Waals surface area contributed by atoms with Crippen LogP contribution in [0.5, 0.6) is 11.5 Å². The van der Waals surface area contributed by atoms with Crippen molar-refractivity contribution in [3.63, 3.8) is 0 Å². The molecule has 0 aromatic heterocycles. The van der Waals surface area contributed by atoms with Crippen molar-refractivity contribution in [1.82, 2.24) is 0 Å². The van der Waals surface area contributed by atoms with Gasteiger partial charge in [0.15, 0.2) is 5.78 Å². The molecule has 0 saturated heterocycles. The molecule has 0 aliphatic carbocycles. The van der Waals surface area contributed by atoms with E-state index in [1.54, 1.807) is 18.2 Å². The van der Waals surface area contributed by atoms with E-state index in [1.807, 2.05) is 6.92 Å². The first-order chi connectivity index (χ1) is 13.3. The van der Waals surface area contributed by atoms with E-state index in [-0.39, 0.29) is 10.7 Å². The van der Waals surface area contributed by atoms with Crippen LogP contribution in [0.1, 0.15) is 12.5 Å². The van der Waals surface area contributed by atoms with Crippen molar-refractivity contribution in [2.75, 3.05) is 19.5 Å². The molecule has 148 valence electrons. The van der Waals surface area contributed by atoms with E-state index in [0.29, 0.717) is 22.2 Å². The van der Waals surface area contributed by atoms with Gasteiger partial charge in [0.05, 0.1) is 30.0 Å². The van der Waals surface area contributed by atoms with Crippen LogP contribution in [0, 0.1) is 6.92 Å². The highest BCUT2D eigenvalue weighted by Gasteiger charge is 2.25. The molecular weight excluding hydrogens is 405 g/mol. The number of benzene rings is 2. The number of Topliss-reactive ketones (excluding diaryl/α,β-unsaturated/α-hetero) is 1. The monoisotopic (exact) mass is 423 g/mol. The van der Waals surface area contributed by atoms with Gasteiger partial charge in [-0.25, -0.2) is 0 Å². The summed E-state index contributed by atoms with van der Waals surface area (Å²) in [5.74, 6) is -0.467. The lowest BCUT2D eigenvalue weighted by Gasteiger charge is -2.14. The van der Waals surface area contributed by atoms with Crippen LogP contribution >= 0.6 is 23.2 Å². The van der Waals surface area contributed by atoms with Crippen LogP contribution in [0.2, 0.25) is 10.0 Å². The predicted octanol–water partition coefficient (Wildman–Crippen LogP) is 5.00. The molecular formula is C19H19Cl2N3O4. The van der Waals surface area contributed by atoms with Gasteiger partial charge < -0.3 is 14.8 Å². The Morgan fingerprint density at radius 2 is 1.71 bits per heavy atom. The summed E-state index contributed by atoms with van der Waals surface area (Å²) in [6, 6.07) is 6.79. The van der Waals surface area contributed by atoms with Crippen LogP contribution in [0.25, 0.3) is 0 Å². The van der Waals surface area contributed by atoms with Crippen LogP contribution in [-0.2, 0) is 9.59 Å². The van der Waals surface area contributed by atoms with Gasteiger partial charge in [-0.15, -0.1) is 0 Å². The third-order valence-corrected chi connectivity index (χ3v) is 4.35. The van der Waals surface area contributed by atoms with Crippen LogP contribution in [0.15, 0.2) is 40.6 Å². The minimum Gasteiger partial charge on any atom is -0.495 e. The number of halogens is 2. The summed E-state index contributed by atoms with van der Waals surface area (Å²) in [4.78, 5) is 24.5. The van der Waals surface area contributed by atoms with Crippen LogP contribution < -0.4 is 14.8 Å². The number of ether oxygens (including phenoxy) is 2. The third kappa shape index (κ3) is 5.21. The lowest BCUT2D eigenvalue weighted by molar-refractivity contribution is -0.126. The fraction of sp³-hybridized carbons (Fsp3) is 0.263. The van der Waals surface area contributed by atoms with Crippen LogP contribution in [-0.4, -0.2) is 32.0 Å². The Morgan fingerprint density at radius 1 is 1.04 bits per heavy atom. The fourth-order valence-electron chi connectivity index (χ4n) is 2.29. The highest BCUT2D eigenvalue weighted by Crippen LogP contribution is 2.36. The average molecular weight is 424 g/mol. The molecule has 0 fully saturated rings. The smallest absolute Gasteiger partial charge is 0.258 e. The SMILES string of the molecule is COc1cc(OC)c(NC(=O)C(N=Nc2ccc(C)cc2Cl)C(C)=O)cc1Cl. The van der Waals surface area contributed by atoms with Crippen molar-refractivity contribution in [1.29, 1.82) is 0 Å². The Balaban J connectivity index is 2.27. The molecule has 0 saturated carbocycles. The summed E-state index contributed by atoms with van der Waals surface area (Å²) in [5, 5.41) is 11.0. The molecule has 2 rings (SSSR count). The summed E-state index contributed by atoms with van der Waals surface area (Å²) in [5.41, 5.74) is 1.58. The quantitative estimate of drug-likeness (QED) is 0.501. The van der Waals surface area contributed by atoms with Crippen molar-refractivity contribution in [2.45, 2.75) is 19.9 Å². The molecule has 0 heterocycles. The number of carbonyl (C=O) groups is 2. The zero-order valence-electron chi connectivity index (χ0n) is 15.7. The molecule has 0 radical (unpaired) electrons. The molecule has 0 bridgehead atoms. The van der Waals surface area contributed by atoms with Gasteiger partial charge in [-0.3, -0.25) is 9.59 Å². The van der Waals surface area contributed by atoms with Gasteiger partial charge in [-0.2, -0.15) is 10.2 Å². The van der Waals surface area contributed by atoms with E-state index in [0.717, 1.165) is 5.56 Å². The number of anilines is 1. The minimum absolute atomic E-state index is 0.269. The van der Waals surface area contributed by atoms with E-state index in [9.17, 15) is 9.59 Å². The number of nitrogens with zero attached hydrogens (tertiary/aromatic N) is 2. The average Bonchev–Trinajstić information content (AvgIpc) is 2.63. The molecule has 28 heavy (non-hydrogen) atoms. The zero-order valence-corrected chi connectivity index (χ0v) is 17.3. The number of ketones is 1. The Morgan fingerprint density at radius 3 is 2.29 bits per heavy atom. The molecule has 9 heteroatoms. The lowest BCUT2D eigenvalue weighted by atomic mass is 10.2. The number of rotatable bonds is 7. The Bertz CT molecular complexity index is 932. The number of nitrogens with one attached hydrogen (secondary N) is 1. The van der Waals surface area contributed by atoms with E-state index < -0.39 is 17.7 Å². The van der Waals surface area contributed by atoms with Gasteiger partial charge >= 0.3 is 0 Å². The van der Waals surface area contributed by atoms with Crippen molar-refractivity contribution in [3.05, 3.63) is 45.9 Å². The first-order valence-corrected chi connectivity index (χ1v) is 8.92. The van der Waals surface area contributed by atoms with Crippen LogP contribution in [0.3, 0.4) is 0 Å². The summed E-state index contributed by atoms with van der Waals surface area (Å²) < 4.78 is 10.3. The molecule has 0 aliphatic heterocycles. The molecule has 2 aromatic rings. The van der Waals surface area contributed by atoms with Crippen molar-refractivity contribution in [3.8, 4) is 11.5 Å². The van der Waals surface area contributed by atoms with Gasteiger partial charge in [0.1, 0.15) is 17.2 Å². The maximum Gasteiger partial charge on any atom is 0.258 e. The van der Waals surface area contributed by atoms with Gasteiger partial charge in [0.2, 0.25) is 6.04 Å². The van der Waals surface area contributed by atoms with Crippen molar-refractivity contribution < 1.29 is 19.1 Å². The maximum absolute atomic E-state index is 12.6. The summed E-state index contributed by atoms with van der Waals surface area (Å²) >= 11 is 12.2. The first kappa shape index (κ1) is 21.7. The van der Waals surface area contributed by atoms with E-state index in [2.05, 4.69) is 15.5 Å². The number of amides is 1.